The van der Waals surface area contributed by atoms with Crippen LogP contribution in [0.4, 0.5) is 0 Å². The van der Waals surface area contributed by atoms with Crippen LogP contribution in [-0.2, 0) is 17.6 Å². The number of benzene rings is 1. The normalized spacial score (nSPS) is 15.5. The van der Waals surface area contributed by atoms with Crippen molar-refractivity contribution in [3.8, 4) is 5.75 Å². The second kappa shape index (κ2) is 3.90. The summed E-state index contributed by atoms with van der Waals surface area (Å²) >= 11 is 0. The molecular weight excluding hydrogens is 196 g/mol. The Morgan fingerprint density at radius 1 is 1.53 bits per heavy atom. The monoisotopic (exact) mass is 208 g/mol. The molecule has 0 aromatic heterocycles. The molecule has 0 fully saturated rings. The molecule has 1 atom stereocenters. The van der Waals surface area contributed by atoms with E-state index in [-0.39, 0.29) is 6.42 Å². The van der Waals surface area contributed by atoms with E-state index in [1.165, 1.54) is 0 Å². The van der Waals surface area contributed by atoms with Crippen LogP contribution in [0.1, 0.15) is 11.1 Å². The summed E-state index contributed by atoms with van der Waals surface area (Å²) in [4.78, 5) is 10.5. The van der Waals surface area contributed by atoms with Gasteiger partial charge in [0.1, 0.15) is 5.75 Å². The van der Waals surface area contributed by atoms with Crippen LogP contribution in [0.3, 0.4) is 0 Å². The van der Waals surface area contributed by atoms with E-state index in [9.17, 15) is 9.90 Å². The molecule has 1 heterocycles. The fourth-order valence-corrected chi connectivity index (χ4v) is 1.74. The van der Waals surface area contributed by atoms with Gasteiger partial charge in [-0.15, -0.1) is 0 Å². The number of aliphatic carboxylic acids is 1. The lowest BCUT2D eigenvalue weighted by atomic mass is 10.0. The summed E-state index contributed by atoms with van der Waals surface area (Å²) in [6.07, 6.45) is -0.411. The minimum atomic E-state index is -1.36. The zero-order valence-corrected chi connectivity index (χ0v) is 8.14. The molecule has 15 heavy (non-hydrogen) atoms. The predicted octanol–water partition coefficient (Wildman–Crippen LogP) is 0.610. The van der Waals surface area contributed by atoms with Crippen LogP contribution < -0.4 is 4.74 Å². The van der Waals surface area contributed by atoms with Crippen molar-refractivity contribution in [1.29, 1.82) is 0 Å². The Hall–Kier alpha value is -1.55. The number of fused-ring (bicyclic) bond motifs is 1. The number of carbonyl (C=O) groups is 1. The van der Waals surface area contributed by atoms with Gasteiger partial charge in [-0.2, -0.15) is 0 Å². The van der Waals surface area contributed by atoms with E-state index >= 15 is 0 Å². The lowest BCUT2D eigenvalue weighted by Crippen LogP contribution is -2.22. The Labute approximate surface area is 87.1 Å². The number of hydrogen-bond donors (Lipinski definition) is 2. The van der Waals surface area contributed by atoms with Gasteiger partial charge in [-0.25, -0.2) is 4.79 Å². The van der Waals surface area contributed by atoms with Gasteiger partial charge < -0.3 is 14.9 Å². The predicted molar refractivity (Wildman–Crippen MR) is 53.0 cm³/mol. The first-order chi connectivity index (χ1) is 7.18. The number of aliphatic hydroxyl groups is 1. The van der Waals surface area contributed by atoms with E-state index < -0.39 is 12.1 Å². The maximum absolute atomic E-state index is 10.5. The van der Waals surface area contributed by atoms with Crippen molar-refractivity contribution in [2.24, 2.45) is 0 Å². The summed E-state index contributed by atoms with van der Waals surface area (Å²) in [7, 11) is 0. The zero-order valence-electron chi connectivity index (χ0n) is 8.14. The lowest BCUT2D eigenvalue weighted by Gasteiger charge is -2.09. The summed E-state index contributed by atoms with van der Waals surface area (Å²) in [6.45, 7) is 0.634. The van der Waals surface area contributed by atoms with E-state index in [0.29, 0.717) is 6.61 Å². The van der Waals surface area contributed by atoms with Crippen LogP contribution in [0.15, 0.2) is 18.2 Å². The fraction of sp³-hybridized carbons (Fsp3) is 0.364. The van der Waals surface area contributed by atoms with E-state index in [2.05, 4.69) is 0 Å². The molecule has 0 bridgehead atoms. The van der Waals surface area contributed by atoms with E-state index in [1.54, 1.807) is 6.07 Å². The molecule has 4 nitrogen and oxygen atoms in total. The minimum Gasteiger partial charge on any atom is -0.493 e. The van der Waals surface area contributed by atoms with Gasteiger partial charge in [0.2, 0.25) is 0 Å². The van der Waals surface area contributed by atoms with Crippen molar-refractivity contribution in [2.75, 3.05) is 6.61 Å². The van der Waals surface area contributed by atoms with Crippen molar-refractivity contribution in [2.45, 2.75) is 18.9 Å². The van der Waals surface area contributed by atoms with Crippen molar-refractivity contribution >= 4 is 5.97 Å². The molecule has 4 heteroatoms. The number of rotatable bonds is 3. The highest BCUT2D eigenvalue weighted by Gasteiger charge is 2.20. The summed E-state index contributed by atoms with van der Waals surface area (Å²) in [5.74, 6) is -0.455. The van der Waals surface area contributed by atoms with Crippen LogP contribution >= 0.6 is 0 Å². The quantitative estimate of drug-likeness (QED) is 0.763. The summed E-state index contributed by atoms with van der Waals surface area (Å²) < 4.78 is 5.41. The third kappa shape index (κ3) is 1.94. The van der Waals surface area contributed by atoms with Gasteiger partial charge >= 0.3 is 5.97 Å². The number of ether oxygens (including phenoxy) is 1. The van der Waals surface area contributed by atoms with E-state index in [0.717, 1.165) is 23.3 Å². The minimum absolute atomic E-state index is 0.0957. The second-order valence-electron chi connectivity index (χ2n) is 3.56. The van der Waals surface area contributed by atoms with Gasteiger partial charge in [0.15, 0.2) is 6.10 Å². The summed E-state index contributed by atoms with van der Waals surface area (Å²) in [5.41, 5.74) is 1.85. The smallest absolute Gasteiger partial charge is 0.332 e. The van der Waals surface area contributed by atoms with Gasteiger partial charge in [-0.05, 0) is 11.1 Å². The number of hydrogen-bond acceptors (Lipinski definition) is 3. The molecule has 80 valence electrons. The SMILES string of the molecule is O=C(O)[C@@H](O)Cc1cccc2c1OCC2. The Morgan fingerprint density at radius 3 is 3.07 bits per heavy atom. The standard InChI is InChI=1S/C11H12O4/c12-9(11(13)14)6-8-3-1-2-7-4-5-15-10(7)8/h1-3,9,12H,4-6H2,(H,13,14)/t9-/m0/s1. The van der Waals surface area contributed by atoms with Crippen LogP contribution in [0, 0.1) is 0 Å². The number of aliphatic hydroxyl groups excluding tert-OH is 1. The van der Waals surface area contributed by atoms with E-state index in [4.69, 9.17) is 9.84 Å². The Bertz CT molecular complexity index is 386. The fourth-order valence-electron chi connectivity index (χ4n) is 1.74. The Balaban J connectivity index is 2.22. The highest BCUT2D eigenvalue weighted by Crippen LogP contribution is 2.30. The third-order valence-corrected chi connectivity index (χ3v) is 2.49. The molecule has 0 saturated heterocycles. The van der Waals surface area contributed by atoms with Crippen molar-refractivity contribution in [3.05, 3.63) is 29.3 Å². The largest absolute Gasteiger partial charge is 0.493 e. The van der Waals surface area contributed by atoms with Gasteiger partial charge in [0, 0.05) is 12.8 Å². The molecule has 0 aliphatic carbocycles. The highest BCUT2D eigenvalue weighted by molar-refractivity contribution is 5.72. The third-order valence-electron chi connectivity index (χ3n) is 2.49. The molecule has 1 aliphatic heterocycles. The van der Waals surface area contributed by atoms with Gasteiger partial charge in [-0.1, -0.05) is 18.2 Å². The molecule has 0 radical (unpaired) electrons. The topological polar surface area (TPSA) is 66.8 Å². The average molecular weight is 208 g/mol. The molecule has 0 saturated carbocycles. The van der Waals surface area contributed by atoms with Crippen LogP contribution in [-0.4, -0.2) is 28.9 Å². The van der Waals surface area contributed by atoms with Crippen LogP contribution in [0.2, 0.25) is 0 Å². The van der Waals surface area contributed by atoms with Crippen LogP contribution in [0.25, 0.3) is 0 Å². The molecule has 2 N–H and O–H groups in total. The average Bonchev–Trinajstić information content (AvgIpc) is 2.66. The molecule has 1 aromatic carbocycles. The maximum atomic E-state index is 10.5. The van der Waals surface area contributed by atoms with Gasteiger partial charge in [0.25, 0.3) is 0 Å². The number of carboxylic acid groups (broad SMARTS) is 1. The number of carboxylic acids is 1. The van der Waals surface area contributed by atoms with Gasteiger partial charge in [-0.3, -0.25) is 0 Å². The van der Waals surface area contributed by atoms with Crippen molar-refractivity contribution < 1.29 is 19.7 Å². The first kappa shape index (κ1) is 9.98. The molecule has 2 rings (SSSR count). The first-order valence-electron chi connectivity index (χ1n) is 4.83. The molecule has 1 aliphatic rings. The van der Waals surface area contributed by atoms with Crippen molar-refractivity contribution in [3.63, 3.8) is 0 Å². The molecular formula is C11H12O4. The summed E-state index contributed by atoms with van der Waals surface area (Å²) in [6, 6.07) is 5.60. The lowest BCUT2D eigenvalue weighted by molar-refractivity contribution is -0.146. The van der Waals surface area contributed by atoms with Gasteiger partial charge in [0.05, 0.1) is 6.61 Å². The van der Waals surface area contributed by atoms with E-state index in [1.807, 2.05) is 12.1 Å². The Morgan fingerprint density at radius 2 is 2.33 bits per heavy atom. The van der Waals surface area contributed by atoms with Crippen LogP contribution in [0.5, 0.6) is 5.75 Å². The first-order valence-corrected chi connectivity index (χ1v) is 4.83. The maximum Gasteiger partial charge on any atom is 0.332 e. The van der Waals surface area contributed by atoms with Crippen molar-refractivity contribution in [1.82, 2.24) is 0 Å². The molecule has 0 amide bonds. The highest BCUT2D eigenvalue weighted by atomic mass is 16.5. The molecule has 0 unspecified atom stereocenters. The summed E-state index contributed by atoms with van der Waals surface area (Å²) in [5, 5.41) is 17.9. The number of para-hydroxylation sites is 1. The second-order valence-corrected chi connectivity index (χ2v) is 3.56. The Kier molecular flexibility index (Phi) is 2.60. The molecule has 0 spiro atoms. The zero-order chi connectivity index (χ0) is 10.8. The molecule has 1 aromatic rings.